The highest BCUT2D eigenvalue weighted by Gasteiger charge is 2.47. The van der Waals surface area contributed by atoms with Crippen LogP contribution in [0.15, 0.2) is 40.6 Å². The molecule has 0 atom stereocenters. The molecule has 6 rings (SSSR count). The van der Waals surface area contributed by atoms with Crippen molar-refractivity contribution in [3.63, 3.8) is 0 Å². The third kappa shape index (κ3) is 3.45. The lowest BCUT2D eigenvalue weighted by Crippen LogP contribution is -2.56. The molecule has 0 unspecified atom stereocenters. The zero-order valence-corrected chi connectivity index (χ0v) is 24.1. The zero-order chi connectivity index (χ0) is 26.7. The number of aliphatic imine (C=N–C) groups is 1. The maximum Gasteiger partial charge on any atom is 0.265 e. The molecule has 2 aliphatic heterocycles. The molecule has 5 heteroatoms. The minimum absolute atomic E-state index is 0.0662. The molecule has 0 aromatic heterocycles. The van der Waals surface area contributed by atoms with E-state index in [1.54, 1.807) is 7.05 Å². The van der Waals surface area contributed by atoms with Crippen molar-refractivity contribution in [1.29, 1.82) is 0 Å². The summed E-state index contributed by atoms with van der Waals surface area (Å²) in [4.78, 5) is 4.55. The summed E-state index contributed by atoms with van der Waals surface area (Å²) in [6, 6.07) is 9.40. The fraction of sp³-hybridized carbons (Fsp3) is 0.531. The van der Waals surface area contributed by atoms with Gasteiger partial charge in [-0.2, -0.15) is 0 Å². The van der Waals surface area contributed by atoms with Crippen molar-refractivity contribution >= 4 is 23.5 Å². The molecule has 0 saturated carbocycles. The van der Waals surface area contributed by atoms with Gasteiger partial charge >= 0.3 is 0 Å². The second kappa shape index (κ2) is 7.45. The Morgan fingerprint density at radius 2 is 1.03 bits per heavy atom. The Bertz CT molecular complexity index is 1410. The topological polar surface area (TPSA) is 56.8 Å². The Balaban J connectivity index is 1.65. The van der Waals surface area contributed by atoms with E-state index in [1.165, 1.54) is 46.0 Å². The Labute approximate surface area is 222 Å². The minimum atomic E-state index is -0.0662. The van der Waals surface area contributed by atoms with Gasteiger partial charge in [0, 0.05) is 7.05 Å². The van der Waals surface area contributed by atoms with Gasteiger partial charge in [0.1, 0.15) is 11.5 Å². The molecule has 4 aliphatic rings. The highest BCUT2D eigenvalue weighted by Crippen LogP contribution is 2.49. The summed E-state index contributed by atoms with van der Waals surface area (Å²) >= 11 is 0. The second-order valence-electron chi connectivity index (χ2n) is 14.4. The largest absolute Gasteiger partial charge is 0.443 e. The smallest absolute Gasteiger partial charge is 0.265 e. The van der Waals surface area contributed by atoms with Crippen LogP contribution in [0, 0.1) is 0 Å². The average molecular weight is 497 g/mol. The first-order valence-corrected chi connectivity index (χ1v) is 13.9. The number of benzene rings is 2. The summed E-state index contributed by atoms with van der Waals surface area (Å²) in [6.45, 7) is 18.8. The van der Waals surface area contributed by atoms with E-state index in [-0.39, 0.29) is 28.4 Å². The van der Waals surface area contributed by atoms with Gasteiger partial charge in [-0.25, -0.2) is 0 Å². The highest BCUT2D eigenvalue weighted by atomic mass is 16.5. The van der Waals surface area contributed by atoms with E-state index in [2.05, 4.69) is 84.6 Å². The standard InChI is InChI=1S/C32H41BN2O2/c1-29(2)10-12-31(5,6)20-16-24-22(14-18(20)29)33-23-15-19-21(32(7,8)13-11-30(19,3)4)17-25(23)37-28(35-9)26(33)27(34)36-24/h14-17H,10-13,34H2,1-9H3. The quantitative estimate of drug-likeness (QED) is 0.489. The van der Waals surface area contributed by atoms with E-state index >= 15 is 0 Å². The van der Waals surface area contributed by atoms with Crippen molar-refractivity contribution in [2.75, 3.05) is 7.05 Å². The van der Waals surface area contributed by atoms with Gasteiger partial charge in [0.05, 0.1) is 5.47 Å². The lowest BCUT2D eigenvalue weighted by atomic mass is 9.33. The van der Waals surface area contributed by atoms with Crippen LogP contribution in [0.5, 0.6) is 11.5 Å². The van der Waals surface area contributed by atoms with Gasteiger partial charge in [0.25, 0.3) is 6.71 Å². The number of nitrogens with zero attached hydrogens (tertiary/aromatic N) is 1. The lowest BCUT2D eigenvalue weighted by Gasteiger charge is -2.44. The first-order valence-electron chi connectivity index (χ1n) is 13.9. The molecule has 194 valence electrons. The maximum atomic E-state index is 6.66. The number of rotatable bonds is 0. The maximum absolute atomic E-state index is 6.66. The van der Waals surface area contributed by atoms with Crippen LogP contribution in [0.25, 0.3) is 0 Å². The Morgan fingerprint density at radius 1 is 0.649 bits per heavy atom. The van der Waals surface area contributed by atoms with Gasteiger partial charge in [0.2, 0.25) is 5.90 Å². The fourth-order valence-electron chi connectivity index (χ4n) is 7.20. The van der Waals surface area contributed by atoms with Crippen LogP contribution >= 0.6 is 0 Å². The van der Waals surface area contributed by atoms with Crippen LogP contribution in [0.3, 0.4) is 0 Å². The molecule has 2 aromatic rings. The van der Waals surface area contributed by atoms with Crippen LogP contribution in [0.4, 0.5) is 0 Å². The summed E-state index contributed by atoms with van der Waals surface area (Å²) < 4.78 is 12.8. The first-order chi connectivity index (χ1) is 17.2. The van der Waals surface area contributed by atoms with E-state index in [0.717, 1.165) is 29.8 Å². The molecule has 4 nitrogen and oxygen atoms in total. The van der Waals surface area contributed by atoms with Crippen molar-refractivity contribution < 1.29 is 9.47 Å². The van der Waals surface area contributed by atoms with E-state index in [9.17, 15) is 0 Å². The molecule has 2 N–H and O–H groups in total. The molecule has 0 radical (unpaired) electrons. The van der Waals surface area contributed by atoms with E-state index in [4.69, 9.17) is 15.2 Å². The SMILES string of the molecule is CN=C1Oc2cc3c(cc2B2C1=C(N)Oc1cc4c(cc12)C(C)(C)CCC4(C)C)C(C)(C)CCC3(C)C. The number of nitrogens with two attached hydrogens (primary N) is 1. The van der Waals surface area contributed by atoms with Crippen molar-refractivity contribution in [3.05, 3.63) is 57.9 Å². The predicted octanol–water partition coefficient (Wildman–Crippen LogP) is 5.52. The average Bonchev–Trinajstić information content (AvgIpc) is 2.83. The normalized spacial score (nSPS) is 24.7. The van der Waals surface area contributed by atoms with Gasteiger partial charge in [-0.15, -0.1) is 0 Å². The summed E-state index contributed by atoms with van der Waals surface area (Å²) in [5.74, 6) is 2.73. The molecule has 2 aromatic carbocycles. The molecular weight excluding hydrogens is 455 g/mol. The molecule has 0 amide bonds. The van der Waals surface area contributed by atoms with Crippen LogP contribution in [-0.4, -0.2) is 19.7 Å². The van der Waals surface area contributed by atoms with Crippen molar-refractivity contribution in [1.82, 2.24) is 0 Å². The van der Waals surface area contributed by atoms with Gasteiger partial charge in [-0.1, -0.05) is 67.5 Å². The Morgan fingerprint density at radius 3 is 1.43 bits per heavy atom. The lowest BCUT2D eigenvalue weighted by molar-refractivity contribution is 0.329. The van der Waals surface area contributed by atoms with Crippen LogP contribution in [0.2, 0.25) is 0 Å². The molecule has 37 heavy (non-hydrogen) atoms. The van der Waals surface area contributed by atoms with Gasteiger partial charge in [0.15, 0.2) is 5.88 Å². The van der Waals surface area contributed by atoms with E-state index in [0.29, 0.717) is 11.8 Å². The summed E-state index contributed by atoms with van der Waals surface area (Å²) in [5, 5.41) is 0. The van der Waals surface area contributed by atoms with Gasteiger partial charge in [-0.05, 0) is 92.7 Å². The third-order valence-electron chi connectivity index (χ3n) is 10.0. The molecule has 2 aliphatic carbocycles. The highest BCUT2D eigenvalue weighted by molar-refractivity contribution is 6.96. The van der Waals surface area contributed by atoms with Gasteiger partial charge < -0.3 is 15.2 Å². The Kier molecular flexibility index (Phi) is 4.96. The van der Waals surface area contributed by atoms with Gasteiger partial charge in [-0.3, -0.25) is 4.99 Å². The summed E-state index contributed by atoms with van der Waals surface area (Å²) in [6.07, 6.45) is 4.66. The van der Waals surface area contributed by atoms with E-state index in [1.807, 2.05) is 0 Å². The van der Waals surface area contributed by atoms with E-state index < -0.39 is 0 Å². The first kappa shape index (κ1) is 24.6. The van der Waals surface area contributed by atoms with Crippen molar-refractivity contribution in [2.24, 2.45) is 10.7 Å². The molecule has 0 bridgehead atoms. The van der Waals surface area contributed by atoms with Crippen LogP contribution < -0.4 is 26.1 Å². The fourth-order valence-corrected chi connectivity index (χ4v) is 7.20. The third-order valence-corrected chi connectivity index (χ3v) is 10.0. The Hall–Kier alpha value is -2.69. The summed E-state index contributed by atoms with van der Waals surface area (Å²) in [5.41, 5.74) is 15.9. The monoisotopic (exact) mass is 496 g/mol. The van der Waals surface area contributed by atoms with Crippen molar-refractivity contribution in [2.45, 2.75) is 103 Å². The molecule has 2 heterocycles. The number of hydrogen-bond acceptors (Lipinski definition) is 4. The molecular formula is C32H41BN2O2. The van der Waals surface area contributed by atoms with Crippen LogP contribution in [0.1, 0.15) is 103 Å². The second-order valence-corrected chi connectivity index (χ2v) is 14.4. The summed E-state index contributed by atoms with van der Waals surface area (Å²) in [7, 11) is 1.77. The zero-order valence-electron chi connectivity index (χ0n) is 24.1. The minimum Gasteiger partial charge on any atom is -0.443 e. The predicted molar refractivity (Wildman–Crippen MR) is 154 cm³/mol. The molecule has 0 saturated heterocycles. The number of ether oxygens (including phenoxy) is 2. The van der Waals surface area contributed by atoms with Crippen molar-refractivity contribution in [3.8, 4) is 11.5 Å². The van der Waals surface area contributed by atoms with Crippen LogP contribution in [-0.2, 0) is 21.7 Å². The number of hydrogen-bond donors (Lipinski definition) is 1. The molecule has 0 spiro atoms. The number of fused-ring (bicyclic) bond motifs is 7. The molecule has 0 fully saturated rings.